The summed E-state index contributed by atoms with van der Waals surface area (Å²) in [5.41, 5.74) is 3.55. The smallest absolute Gasteiger partial charge is 0.411 e. The molecule has 2 N–H and O–H groups in total. The molecule has 0 aromatic heterocycles. The molecule has 0 spiro atoms. The van der Waals surface area contributed by atoms with Gasteiger partial charge >= 0.3 is 6.09 Å². The number of carbonyl (C=O) groups is 3. The van der Waals surface area contributed by atoms with Crippen molar-refractivity contribution in [1.29, 1.82) is 0 Å². The number of benzene rings is 3. The van der Waals surface area contributed by atoms with Gasteiger partial charge in [0, 0.05) is 11.7 Å². The van der Waals surface area contributed by atoms with Gasteiger partial charge in [0.05, 0.1) is 19.2 Å². The van der Waals surface area contributed by atoms with Crippen molar-refractivity contribution < 1.29 is 23.9 Å². The van der Waals surface area contributed by atoms with E-state index in [9.17, 15) is 14.4 Å². The molecule has 3 amide bonds. The molecule has 5 rings (SSSR count). The molecule has 2 atom stereocenters. The molecular formula is C29H29N3O5. The first-order valence-corrected chi connectivity index (χ1v) is 12.3. The predicted octanol–water partition coefficient (Wildman–Crippen LogP) is 4.60. The van der Waals surface area contributed by atoms with E-state index in [-0.39, 0.29) is 24.4 Å². The highest BCUT2D eigenvalue weighted by molar-refractivity contribution is 6.06. The Morgan fingerprint density at radius 3 is 2.51 bits per heavy atom. The van der Waals surface area contributed by atoms with Crippen LogP contribution in [0.3, 0.4) is 0 Å². The van der Waals surface area contributed by atoms with Crippen molar-refractivity contribution in [2.45, 2.75) is 44.5 Å². The molecule has 3 aromatic rings. The molecule has 1 heterocycles. The minimum absolute atomic E-state index is 0.136. The van der Waals surface area contributed by atoms with Crippen molar-refractivity contribution in [1.82, 2.24) is 10.2 Å². The van der Waals surface area contributed by atoms with Crippen LogP contribution in [0.4, 0.5) is 10.5 Å². The second kappa shape index (κ2) is 10.3. The number of para-hydroxylation sites is 1. The fourth-order valence-corrected chi connectivity index (χ4v) is 4.44. The number of methoxy groups -OCH3 is 1. The van der Waals surface area contributed by atoms with Crippen LogP contribution >= 0.6 is 0 Å². The number of ether oxygens (including phenoxy) is 2. The molecule has 0 radical (unpaired) electrons. The van der Waals surface area contributed by atoms with Gasteiger partial charge in [0.25, 0.3) is 5.91 Å². The molecule has 2 fully saturated rings. The Bertz CT molecular complexity index is 1320. The number of nitrogens with one attached hydrogen (secondary N) is 2. The summed E-state index contributed by atoms with van der Waals surface area (Å²) in [5, 5.41) is 5.90. The molecule has 190 valence electrons. The van der Waals surface area contributed by atoms with Crippen LogP contribution in [0.5, 0.6) is 5.75 Å². The second-order valence-corrected chi connectivity index (χ2v) is 9.43. The van der Waals surface area contributed by atoms with Gasteiger partial charge in [0.15, 0.2) is 12.1 Å². The number of hydrogen-bond donors (Lipinski definition) is 2. The van der Waals surface area contributed by atoms with E-state index in [4.69, 9.17) is 9.47 Å². The number of anilines is 1. The lowest BCUT2D eigenvalue weighted by Gasteiger charge is -2.24. The molecule has 8 heteroatoms. The normalized spacial score (nSPS) is 18.8. The van der Waals surface area contributed by atoms with Gasteiger partial charge in [-0.15, -0.1) is 0 Å². The number of aryl methyl sites for hydroxylation is 1. The fraction of sp³-hybridized carbons (Fsp3) is 0.276. The quantitative estimate of drug-likeness (QED) is 0.472. The molecule has 1 aliphatic carbocycles. The van der Waals surface area contributed by atoms with E-state index in [0.29, 0.717) is 22.6 Å². The zero-order chi connectivity index (χ0) is 25.9. The Morgan fingerprint density at radius 2 is 1.78 bits per heavy atom. The van der Waals surface area contributed by atoms with Crippen LogP contribution < -0.4 is 15.4 Å². The molecule has 1 saturated carbocycles. The molecule has 8 nitrogen and oxygen atoms in total. The Labute approximate surface area is 215 Å². The van der Waals surface area contributed by atoms with Crippen LogP contribution in [-0.4, -0.2) is 42.0 Å². The summed E-state index contributed by atoms with van der Waals surface area (Å²) in [7, 11) is 1.51. The van der Waals surface area contributed by atoms with Gasteiger partial charge in [-0.2, -0.15) is 0 Å². The van der Waals surface area contributed by atoms with Crippen LogP contribution in [0.1, 0.15) is 46.0 Å². The average molecular weight is 500 g/mol. The van der Waals surface area contributed by atoms with Gasteiger partial charge in [-0.25, -0.2) is 4.79 Å². The molecule has 1 saturated heterocycles. The minimum Gasteiger partial charge on any atom is -0.496 e. The highest BCUT2D eigenvalue weighted by Gasteiger charge is 2.48. The SMILES string of the molecule is COc1ccccc1C(=O)Nc1cccc(C2OC(=O)N(Cc3ccc(C)cc3)C2C(=O)NC2CC2)c1. The van der Waals surface area contributed by atoms with Gasteiger partial charge < -0.3 is 20.1 Å². The van der Waals surface area contributed by atoms with Crippen molar-refractivity contribution in [3.05, 3.63) is 95.1 Å². The standard InChI is InChI=1S/C29H29N3O5/c1-18-10-12-19(13-11-18)17-32-25(28(34)30-21-14-15-21)26(37-29(32)35)20-6-5-7-22(16-20)31-27(33)23-8-3-4-9-24(23)36-2/h3-13,16,21,25-26H,14-15,17H2,1-2H3,(H,30,34)(H,31,33). The molecule has 3 aromatic carbocycles. The lowest BCUT2D eigenvalue weighted by Crippen LogP contribution is -2.46. The lowest BCUT2D eigenvalue weighted by atomic mass is 10.00. The molecule has 1 aliphatic heterocycles. The average Bonchev–Trinajstić information content (AvgIpc) is 3.66. The van der Waals surface area contributed by atoms with Gasteiger partial charge in [-0.05, 0) is 55.2 Å². The van der Waals surface area contributed by atoms with Crippen molar-refractivity contribution >= 4 is 23.6 Å². The topological polar surface area (TPSA) is 97.0 Å². The number of rotatable bonds is 8. The van der Waals surface area contributed by atoms with Crippen LogP contribution in [0, 0.1) is 6.92 Å². The van der Waals surface area contributed by atoms with E-state index in [1.165, 1.54) is 12.0 Å². The maximum Gasteiger partial charge on any atom is 0.411 e. The number of carbonyl (C=O) groups excluding carboxylic acids is 3. The van der Waals surface area contributed by atoms with E-state index in [1.807, 2.05) is 31.2 Å². The summed E-state index contributed by atoms with van der Waals surface area (Å²) < 4.78 is 11.1. The largest absolute Gasteiger partial charge is 0.496 e. The van der Waals surface area contributed by atoms with Crippen molar-refractivity contribution in [3.8, 4) is 5.75 Å². The zero-order valence-electron chi connectivity index (χ0n) is 20.8. The van der Waals surface area contributed by atoms with Crippen LogP contribution in [0.15, 0.2) is 72.8 Å². The zero-order valence-corrected chi connectivity index (χ0v) is 20.8. The van der Waals surface area contributed by atoms with Gasteiger partial charge in [0.2, 0.25) is 5.91 Å². The maximum absolute atomic E-state index is 13.3. The Balaban J connectivity index is 1.40. The van der Waals surface area contributed by atoms with E-state index in [2.05, 4.69) is 10.6 Å². The Kier molecular flexibility index (Phi) is 6.81. The van der Waals surface area contributed by atoms with E-state index in [1.54, 1.807) is 48.5 Å². The highest BCUT2D eigenvalue weighted by Crippen LogP contribution is 2.36. The first-order chi connectivity index (χ1) is 17.9. The summed E-state index contributed by atoms with van der Waals surface area (Å²) in [5.74, 6) is -0.111. The first kappa shape index (κ1) is 24.4. The summed E-state index contributed by atoms with van der Waals surface area (Å²) >= 11 is 0. The third kappa shape index (κ3) is 5.43. The summed E-state index contributed by atoms with van der Waals surface area (Å²) in [4.78, 5) is 40.7. The second-order valence-electron chi connectivity index (χ2n) is 9.43. The molecule has 2 unspecified atom stereocenters. The molecule has 37 heavy (non-hydrogen) atoms. The van der Waals surface area contributed by atoms with Gasteiger partial charge in [-0.1, -0.05) is 54.1 Å². The third-order valence-electron chi connectivity index (χ3n) is 6.58. The maximum atomic E-state index is 13.3. The molecule has 0 bridgehead atoms. The number of cyclic esters (lactones) is 1. The monoisotopic (exact) mass is 499 g/mol. The van der Waals surface area contributed by atoms with Gasteiger partial charge in [-0.3, -0.25) is 14.5 Å². The summed E-state index contributed by atoms with van der Waals surface area (Å²) in [6, 6.07) is 21.1. The van der Waals surface area contributed by atoms with E-state index in [0.717, 1.165) is 24.0 Å². The number of nitrogens with zero attached hydrogens (tertiary/aromatic N) is 1. The lowest BCUT2D eigenvalue weighted by molar-refractivity contribution is -0.126. The number of hydrogen-bond acceptors (Lipinski definition) is 5. The third-order valence-corrected chi connectivity index (χ3v) is 6.58. The van der Waals surface area contributed by atoms with Crippen LogP contribution in [0.2, 0.25) is 0 Å². The molecular weight excluding hydrogens is 470 g/mol. The van der Waals surface area contributed by atoms with Crippen LogP contribution in [0.25, 0.3) is 0 Å². The Hall–Kier alpha value is -4.33. The number of amides is 3. The fourth-order valence-electron chi connectivity index (χ4n) is 4.44. The minimum atomic E-state index is -0.838. The van der Waals surface area contributed by atoms with Crippen molar-refractivity contribution in [2.24, 2.45) is 0 Å². The van der Waals surface area contributed by atoms with Crippen molar-refractivity contribution in [3.63, 3.8) is 0 Å². The van der Waals surface area contributed by atoms with E-state index < -0.39 is 18.2 Å². The summed E-state index contributed by atoms with van der Waals surface area (Å²) in [6.07, 6.45) is 0.491. The van der Waals surface area contributed by atoms with Crippen molar-refractivity contribution in [2.75, 3.05) is 12.4 Å². The molecule has 2 aliphatic rings. The predicted molar refractivity (Wildman–Crippen MR) is 138 cm³/mol. The Morgan fingerprint density at radius 1 is 1.03 bits per heavy atom. The van der Waals surface area contributed by atoms with Gasteiger partial charge in [0.1, 0.15) is 5.75 Å². The first-order valence-electron chi connectivity index (χ1n) is 12.3. The van der Waals surface area contributed by atoms with Crippen LogP contribution in [-0.2, 0) is 16.1 Å². The van der Waals surface area contributed by atoms with E-state index >= 15 is 0 Å². The highest BCUT2D eigenvalue weighted by atomic mass is 16.6. The summed E-state index contributed by atoms with van der Waals surface area (Å²) in [6.45, 7) is 2.25.